The number of amides is 1. The first-order valence-corrected chi connectivity index (χ1v) is 14.1. The van der Waals surface area contributed by atoms with Crippen LogP contribution < -0.4 is 4.90 Å². The van der Waals surface area contributed by atoms with Gasteiger partial charge in [-0.05, 0) is 51.5 Å². The van der Waals surface area contributed by atoms with Gasteiger partial charge in [-0.3, -0.25) is 4.79 Å². The molecule has 2 aliphatic carbocycles. The Morgan fingerprint density at radius 1 is 1.08 bits per heavy atom. The average Bonchev–Trinajstić information content (AvgIpc) is 3.48. The van der Waals surface area contributed by atoms with E-state index >= 15 is 0 Å². The zero-order valence-electron chi connectivity index (χ0n) is 22.9. The molecule has 3 aliphatic rings. The number of esters is 1. The quantitative estimate of drug-likeness (QED) is 0.236. The second-order valence-electron chi connectivity index (χ2n) is 11.5. The number of methoxy groups -OCH3 is 1. The molecule has 37 heavy (non-hydrogen) atoms. The van der Waals surface area contributed by atoms with Crippen molar-refractivity contribution in [3.05, 3.63) is 15.8 Å². The van der Waals surface area contributed by atoms with Gasteiger partial charge in [0.2, 0.25) is 6.41 Å². The van der Waals surface area contributed by atoms with Crippen LogP contribution in [-0.2, 0) is 19.0 Å². The van der Waals surface area contributed by atoms with Crippen LogP contribution in [-0.4, -0.2) is 44.5 Å². The van der Waals surface area contributed by atoms with Gasteiger partial charge >= 0.3 is 5.97 Å². The Morgan fingerprint density at radius 2 is 1.62 bits per heavy atom. The maximum atomic E-state index is 12.3. The minimum absolute atomic E-state index is 0. The highest BCUT2D eigenvalue weighted by molar-refractivity contribution is 7.15. The second kappa shape index (κ2) is 13.8. The normalized spacial score (nSPS) is 23.1. The summed E-state index contributed by atoms with van der Waals surface area (Å²) in [4.78, 5) is 27.1. The molecule has 7 heteroatoms. The molecule has 1 amide bonds. The molecule has 0 bridgehead atoms. The molecular weight excluding hydrogens is 486 g/mol. The third kappa shape index (κ3) is 8.84. The molecule has 0 atom stereocenters. The molecule has 3 fully saturated rings. The molecule has 1 aromatic rings. The SMILES string of the molecule is C.CC1CCC(C)CC1.COC(=O)c1sc(C#CC(C)(C)C)cc1N(C=O)C1CCC2(CC1)OCCO2. The number of hydrogen-bond donors (Lipinski definition) is 0. The van der Waals surface area contributed by atoms with E-state index in [1.165, 1.54) is 44.1 Å². The van der Waals surface area contributed by atoms with Crippen molar-refractivity contribution in [2.75, 3.05) is 25.2 Å². The van der Waals surface area contributed by atoms with Crippen molar-refractivity contribution in [1.29, 1.82) is 0 Å². The topological polar surface area (TPSA) is 65.1 Å². The van der Waals surface area contributed by atoms with Gasteiger partial charge in [-0.1, -0.05) is 58.8 Å². The van der Waals surface area contributed by atoms with Crippen LogP contribution in [0.25, 0.3) is 0 Å². The van der Waals surface area contributed by atoms with E-state index in [1.807, 2.05) is 26.8 Å². The van der Waals surface area contributed by atoms with Crippen molar-refractivity contribution in [3.8, 4) is 11.8 Å². The molecule has 2 saturated carbocycles. The van der Waals surface area contributed by atoms with Gasteiger partial charge in [0, 0.05) is 24.3 Å². The van der Waals surface area contributed by atoms with Crippen molar-refractivity contribution in [1.82, 2.24) is 0 Å². The summed E-state index contributed by atoms with van der Waals surface area (Å²) in [6, 6.07) is 1.80. The third-order valence-electron chi connectivity index (χ3n) is 7.26. The lowest BCUT2D eigenvalue weighted by Crippen LogP contribution is -2.44. The Hall–Kier alpha value is -1.88. The number of thiophene rings is 1. The highest BCUT2D eigenvalue weighted by Gasteiger charge is 2.42. The number of ether oxygens (including phenoxy) is 3. The van der Waals surface area contributed by atoms with Crippen LogP contribution in [0.1, 0.15) is 108 Å². The van der Waals surface area contributed by atoms with Crippen molar-refractivity contribution in [3.63, 3.8) is 0 Å². The van der Waals surface area contributed by atoms with Crippen LogP contribution in [0, 0.1) is 29.1 Å². The lowest BCUT2D eigenvalue weighted by Gasteiger charge is -2.38. The van der Waals surface area contributed by atoms with Gasteiger partial charge in [0.1, 0.15) is 4.88 Å². The summed E-state index contributed by atoms with van der Waals surface area (Å²) in [6.45, 7) is 12.1. The minimum Gasteiger partial charge on any atom is -0.465 e. The monoisotopic (exact) mass is 533 g/mol. The van der Waals surface area contributed by atoms with Gasteiger partial charge < -0.3 is 19.1 Å². The van der Waals surface area contributed by atoms with Crippen molar-refractivity contribution in [2.24, 2.45) is 17.3 Å². The van der Waals surface area contributed by atoms with Crippen molar-refractivity contribution < 1.29 is 23.8 Å². The van der Waals surface area contributed by atoms with E-state index in [0.29, 0.717) is 23.8 Å². The third-order valence-corrected chi connectivity index (χ3v) is 8.28. The number of nitrogens with zero attached hydrogens (tertiary/aromatic N) is 1. The fraction of sp³-hybridized carbons (Fsp3) is 0.733. The van der Waals surface area contributed by atoms with E-state index in [0.717, 1.165) is 48.8 Å². The zero-order valence-corrected chi connectivity index (χ0v) is 23.7. The Kier molecular flexibility index (Phi) is 11.7. The first-order chi connectivity index (χ1) is 17.1. The molecule has 0 radical (unpaired) electrons. The molecule has 2 heterocycles. The smallest absolute Gasteiger partial charge is 0.350 e. The average molecular weight is 534 g/mol. The molecule has 0 N–H and O–H groups in total. The lowest BCUT2D eigenvalue weighted by molar-refractivity contribution is -0.178. The number of carbonyl (C=O) groups excluding carboxylic acids is 2. The molecule has 1 spiro atoms. The van der Waals surface area contributed by atoms with Crippen LogP contribution in [0.3, 0.4) is 0 Å². The first kappa shape index (κ1) is 31.3. The van der Waals surface area contributed by atoms with E-state index in [-0.39, 0.29) is 18.9 Å². The van der Waals surface area contributed by atoms with E-state index in [1.54, 1.807) is 4.90 Å². The fourth-order valence-electron chi connectivity index (χ4n) is 5.00. The van der Waals surface area contributed by atoms with Crippen molar-refractivity contribution in [2.45, 2.75) is 105 Å². The second-order valence-corrected chi connectivity index (χ2v) is 12.6. The summed E-state index contributed by atoms with van der Waals surface area (Å²) in [6.07, 6.45) is 9.66. The summed E-state index contributed by atoms with van der Waals surface area (Å²) in [5.74, 6) is 7.39. The van der Waals surface area contributed by atoms with Gasteiger partial charge in [0.25, 0.3) is 0 Å². The Morgan fingerprint density at radius 3 is 2.08 bits per heavy atom. The molecule has 6 nitrogen and oxygen atoms in total. The standard InChI is InChI=1S/C21H27NO5S.C8H16.CH4/c1-20(2,3)8-7-16-13-17(18(28-16)19(24)25-4)22(14-23)15-5-9-21(10-6-15)26-11-12-27-21;1-7-3-5-8(2)6-4-7;/h13-15H,5-6,9-12H2,1-4H3;7-8H,3-6H2,1-2H3;1H4. The molecule has 1 saturated heterocycles. The van der Waals surface area contributed by atoms with E-state index in [2.05, 4.69) is 25.7 Å². The molecule has 1 aromatic heterocycles. The Labute approximate surface area is 228 Å². The van der Waals surface area contributed by atoms with Crippen LogP contribution >= 0.6 is 11.3 Å². The van der Waals surface area contributed by atoms with E-state index in [4.69, 9.17) is 14.2 Å². The van der Waals surface area contributed by atoms with Crippen LogP contribution in [0.2, 0.25) is 0 Å². The van der Waals surface area contributed by atoms with Crippen LogP contribution in [0.4, 0.5) is 5.69 Å². The molecule has 0 aromatic carbocycles. The van der Waals surface area contributed by atoms with Crippen LogP contribution in [0.15, 0.2) is 6.07 Å². The predicted octanol–water partition coefficient (Wildman–Crippen LogP) is 7.05. The summed E-state index contributed by atoms with van der Waals surface area (Å²) in [5, 5.41) is 0. The number of carbonyl (C=O) groups is 2. The molecular formula is C30H47NO5S. The highest BCUT2D eigenvalue weighted by atomic mass is 32.1. The predicted molar refractivity (Wildman–Crippen MR) is 151 cm³/mol. The maximum Gasteiger partial charge on any atom is 0.350 e. The number of hydrogen-bond acceptors (Lipinski definition) is 6. The minimum atomic E-state index is -0.492. The maximum absolute atomic E-state index is 12.3. The molecule has 1 aliphatic heterocycles. The van der Waals surface area contributed by atoms with E-state index in [9.17, 15) is 9.59 Å². The summed E-state index contributed by atoms with van der Waals surface area (Å²) in [7, 11) is 1.34. The largest absolute Gasteiger partial charge is 0.465 e. The zero-order chi connectivity index (χ0) is 26.3. The fourth-order valence-corrected chi connectivity index (χ4v) is 5.92. The molecule has 4 rings (SSSR count). The Bertz CT molecular complexity index is 919. The highest BCUT2D eigenvalue weighted by Crippen LogP contribution is 2.40. The van der Waals surface area contributed by atoms with Gasteiger partial charge in [0.15, 0.2) is 5.79 Å². The van der Waals surface area contributed by atoms with Gasteiger partial charge in [0.05, 0.1) is 30.9 Å². The summed E-state index contributed by atoms with van der Waals surface area (Å²) >= 11 is 1.26. The van der Waals surface area contributed by atoms with E-state index < -0.39 is 11.8 Å². The van der Waals surface area contributed by atoms with Crippen LogP contribution in [0.5, 0.6) is 0 Å². The van der Waals surface area contributed by atoms with Crippen molar-refractivity contribution >= 4 is 29.4 Å². The van der Waals surface area contributed by atoms with Gasteiger partial charge in [-0.2, -0.15) is 0 Å². The van der Waals surface area contributed by atoms with Gasteiger partial charge in [-0.15, -0.1) is 11.3 Å². The molecule has 208 valence electrons. The van der Waals surface area contributed by atoms with Gasteiger partial charge in [-0.25, -0.2) is 4.79 Å². The number of rotatable bonds is 4. The lowest BCUT2D eigenvalue weighted by atomic mass is 9.84. The summed E-state index contributed by atoms with van der Waals surface area (Å²) < 4.78 is 16.5. The first-order valence-electron chi connectivity index (χ1n) is 13.3. The summed E-state index contributed by atoms with van der Waals surface area (Å²) in [5.41, 5.74) is 0.415. The number of anilines is 1. The molecule has 0 unspecified atom stereocenters. The Balaban J connectivity index is 0.000000457.